The van der Waals surface area contributed by atoms with Gasteiger partial charge < -0.3 is 0 Å². The fourth-order valence-corrected chi connectivity index (χ4v) is 1.63. The summed E-state index contributed by atoms with van der Waals surface area (Å²) in [6, 6.07) is 0. The molecule has 0 heteroatoms. The maximum absolute atomic E-state index is 3.20. The maximum atomic E-state index is 3.20. The van der Waals surface area contributed by atoms with Gasteiger partial charge in [0.15, 0.2) is 0 Å². The molecule has 0 fully saturated rings. The minimum Gasteiger partial charge on any atom is -0.102 e. The number of unbranched alkanes of at least 4 members (excludes halogenated alkanes) is 8. The zero-order valence-corrected chi connectivity index (χ0v) is 11.8. The first-order valence-electron chi connectivity index (χ1n) is 7.33. The van der Waals surface area contributed by atoms with Crippen LogP contribution in [0.25, 0.3) is 0 Å². The minimum absolute atomic E-state index is 0.765. The molecule has 0 atom stereocenters. The molecule has 0 spiro atoms. The van der Waals surface area contributed by atoms with Crippen molar-refractivity contribution in [2.24, 2.45) is 0 Å². The Morgan fingerprint density at radius 1 is 0.529 bits per heavy atom. The molecule has 0 aliphatic carbocycles. The van der Waals surface area contributed by atoms with Crippen LogP contribution in [0.1, 0.15) is 84.5 Å². The van der Waals surface area contributed by atoms with Crippen molar-refractivity contribution in [2.75, 3.05) is 0 Å². The standard InChI is InChI=1S/C17H28/c1-3-5-7-9-11-13-15-17-16-14-12-10-8-6-4-2/h3-12,17H2,1-2H3. The SMILES string of the molecule is CCCCCCC#CCC#CCCCCCC. The first-order chi connectivity index (χ1) is 8.41. The van der Waals surface area contributed by atoms with Crippen LogP contribution < -0.4 is 0 Å². The van der Waals surface area contributed by atoms with Crippen molar-refractivity contribution >= 4 is 0 Å². The Bertz CT molecular complexity index is 225. The van der Waals surface area contributed by atoms with Gasteiger partial charge in [-0.25, -0.2) is 0 Å². The summed E-state index contributed by atoms with van der Waals surface area (Å²) in [4.78, 5) is 0. The minimum atomic E-state index is 0.765. The molecular formula is C17H28. The van der Waals surface area contributed by atoms with Crippen LogP contribution in [0.4, 0.5) is 0 Å². The number of hydrogen-bond donors (Lipinski definition) is 0. The van der Waals surface area contributed by atoms with Crippen molar-refractivity contribution in [3.05, 3.63) is 0 Å². The topological polar surface area (TPSA) is 0 Å². The Morgan fingerprint density at radius 2 is 1.00 bits per heavy atom. The zero-order valence-electron chi connectivity index (χ0n) is 11.8. The third-order valence-electron chi connectivity index (χ3n) is 2.74. The molecule has 0 aliphatic rings. The molecule has 0 unspecified atom stereocenters. The molecule has 0 nitrogen and oxygen atoms in total. The lowest BCUT2D eigenvalue weighted by Crippen LogP contribution is -1.74. The van der Waals surface area contributed by atoms with Crippen molar-refractivity contribution < 1.29 is 0 Å². The van der Waals surface area contributed by atoms with Gasteiger partial charge in [-0.05, 0) is 12.8 Å². The van der Waals surface area contributed by atoms with Gasteiger partial charge in [-0.1, -0.05) is 64.2 Å². The third kappa shape index (κ3) is 15.1. The molecule has 0 N–H and O–H groups in total. The third-order valence-corrected chi connectivity index (χ3v) is 2.74. The summed E-state index contributed by atoms with van der Waals surface area (Å²) in [5.74, 6) is 12.7. The summed E-state index contributed by atoms with van der Waals surface area (Å²) in [5.41, 5.74) is 0. The van der Waals surface area contributed by atoms with E-state index in [0.717, 1.165) is 19.3 Å². The Labute approximate surface area is 109 Å². The lowest BCUT2D eigenvalue weighted by molar-refractivity contribution is 0.679. The molecule has 0 aromatic carbocycles. The van der Waals surface area contributed by atoms with Crippen molar-refractivity contribution in [3.63, 3.8) is 0 Å². The monoisotopic (exact) mass is 232 g/mol. The van der Waals surface area contributed by atoms with Gasteiger partial charge in [0.2, 0.25) is 0 Å². The first-order valence-corrected chi connectivity index (χ1v) is 7.33. The van der Waals surface area contributed by atoms with Crippen molar-refractivity contribution in [2.45, 2.75) is 84.5 Å². The second kappa shape index (κ2) is 15.1. The molecule has 0 bridgehead atoms. The average Bonchev–Trinajstić information content (AvgIpc) is 2.35. The molecule has 96 valence electrons. The molecule has 0 rings (SSSR count). The molecule has 0 amide bonds. The first kappa shape index (κ1) is 16.1. The van der Waals surface area contributed by atoms with Crippen LogP contribution >= 0.6 is 0 Å². The lowest BCUT2D eigenvalue weighted by atomic mass is 10.1. The highest BCUT2D eigenvalue weighted by Gasteiger charge is 1.84. The summed E-state index contributed by atoms with van der Waals surface area (Å²) in [5, 5.41) is 0. The van der Waals surface area contributed by atoms with E-state index in [9.17, 15) is 0 Å². The molecule has 0 aliphatic heterocycles. The summed E-state index contributed by atoms with van der Waals surface area (Å²) in [6.45, 7) is 4.48. The smallest absolute Gasteiger partial charge is 0.0702 e. The quantitative estimate of drug-likeness (QED) is 0.392. The molecule has 0 saturated carbocycles. The van der Waals surface area contributed by atoms with Crippen molar-refractivity contribution in [1.82, 2.24) is 0 Å². The van der Waals surface area contributed by atoms with E-state index in [2.05, 4.69) is 37.5 Å². The molecular weight excluding hydrogens is 204 g/mol. The van der Waals surface area contributed by atoms with Gasteiger partial charge in [-0.15, -0.1) is 11.8 Å². The normalized spacial score (nSPS) is 9.06. The second-order valence-corrected chi connectivity index (χ2v) is 4.51. The Morgan fingerprint density at radius 3 is 1.41 bits per heavy atom. The summed E-state index contributed by atoms with van der Waals surface area (Å²) in [7, 11) is 0. The van der Waals surface area contributed by atoms with Crippen LogP contribution in [0.15, 0.2) is 0 Å². The average molecular weight is 232 g/mol. The lowest BCUT2D eigenvalue weighted by Gasteiger charge is -1.91. The van der Waals surface area contributed by atoms with E-state index in [0.29, 0.717) is 0 Å². The van der Waals surface area contributed by atoms with Crippen LogP contribution in [0.2, 0.25) is 0 Å². The summed E-state index contributed by atoms with van der Waals surface area (Å²) < 4.78 is 0. The van der Waals surface area contributed by atoms with Gasteiger partial charge in [-0.2, -0.15) is 0 Å². The van der Waals surface area contributed by atoms with Crippen LogP contribution in [0.3, 0.4) is 0 Å². The van der Waals surface area contributed by atoms with Crippen molar-refractivity contribution in [1.29, 1.82) is 0 Å². The highest BCUT2D eigenvalue weighted by molar-refractivity contribution is 5.11. The van der Waals surface area contributed by atoms with Gasteiger partial charge in [0.25, 0.3) is 0 Å². The highest BCUT2D eigenvalue weighted by atomic mass is 13.9. The van der Waals surface area contributed by atoms with Gasteiger partial charge in [-0.3, -0.25) is 0 Å². The van der Waals surface area contributed by atoms with Crippen LogP contribution in [0, 0.1) is 23.7 Å². The van der Waals surface area contributed by atoms with Crippen LogP contribution in [-0.2, 0) is 0 Å². The van der Waals surface area contributed by atoms with Gasteiger partial charge in [0.1, 0.15) is 0 Å². The van der Waals surface area contributed by atoms with Crippen LogP contribution in [-0.4, -0.2) is 0 Å². The predicted molar refractivity (Wildman–Crippen MR) is 77.7 cm³/mol. The molecule has 17 heavy (non-hydrogen) atoms. The molecule has 0 radical (unpaired) electrons. The van der Waals surface area contributed by atoms with Gasteiger partial charge in [0.05, 0.1) is 6.42 Å². The predicted octanol–water partition coefficient (Wildman–Crippen LogP) is 5.32. The van der Waals surface area contributed by atoms with E-state index in [1.54, 1.807) is 0 Å². The van der Waals surface area contributed by atoms with Crippen LogP contribution in [0.5, 0.6) is 0 Å². The maximum Gasteiger partial charge on any atom is 0.0702 e. The molecule has 0 aromatic rings. The van der Waals surface area contributed by atoms with E-state index < -0.39 is 0 Å². The Kier molecular flexibility index (Phi) is 14.3. The largest absolute Gasteiger partial charge is 0.102 e. The highest BCUT2D eigenvalue weighted by Crippen LogP contribution is 2.01. The Balaban J connectivity index is 3.25. The second-order valence-electron chi connectivity index (χ2n) is 4.51. The number of hydrogen-bond acceptors (Lipinski definition) is 0. The van der Waals surface area contributed by atoms with E-state index in [1.807, 2.05) is 0 Å². The van der Waals surface area contributed by atoms with Gasteiger partial charge >= 0.3 is 0 Å². The molecule has 0 aromatic heterocycles. The fraction of sp³-hybridized carbons (Fsp3) is 0.765. The number of rotatable bonds is 8. The summed E-state index contributed by atoms with van der Waals surface area (Å²) >= 11 is 0. The Hall–Kier alpha value is -0.880. The van der Waals surface area contributed by atoms with Gasteiger partial charge in [0, 0.05) is 12.8 Å². The zero-order chi connectivity index (χ0) is 12.6. The van der Waals surface area contributed by atoms with E-state index in [4.69, 9.17) is 0 Å². The summed E-state index contributed by atoms with van der Waals surface area (Å²) in [6.07, 6.45) is 13.3. The van der Waals surface area contributed by atoms with Crippen molar-refractivity contribution in [3.8, 4) is 23.7 Å². The van der Waals surface area contributed by atoms with E-state index >= 15 is 0 Å². The molecule has 0 saturated heterocycles. The van der Waals surface area contributed by atoms with E-state index in [1.165, 1.54) is 51.4 Å². The molecule has 0 heterocycles. The van der Waals surface area contributed by atoms with E-state index in [-0.39, 0.29) is 0 Å². The fourth-order valence-electron chi connectivity index (χ4n) is 1.63.